The van der Waals surface area contributed by atoms with E-state index in [2.05, 4.69) is 9.97 Å². The molecule has 1 aliphatic carbocycles. The maximum atomic E-state index is 10.2. The Morgan fingerprint density at radius 3 is 2.32 bits per heavy atom. The Balaban J connectivity index is 0.000000364. The highest BCUT2D eigenvalue weighted by Crippen LogP contribution is 2.44. The molecule has 200 valence electrons. The van der Waals surface area contributed by atoms with Crippen LogP contribution in [0.25, 0.3) is 0 Å². The number of hydrogen-bond donors (Lipinski definition) is 4. The normalized spacial score (nSPS) is 20.7. The van der Waals surface area contributed by atoms with Gasteiger partial charge in [0.2, 0.25) is 0 Å². The van der Waals surface area contributed by atoms with Gasteiger partial charge in [0.1, 0.15) is 0 Å². The molecule has 0 bridgehead atoms. The van der Waals surface area contributed by atoms with Crippen LogP contribution in [0.15, 0.2) is 29.5 Å². The molecular weight excluding hydrogens is 486 g/mol. The number of carboxylic acids is 2. The van der Waals surface area contributed by atoms with Gasteiger partial charge in [-0.15, -0.1) is 0 Å². The lowest BCUT2D eigenvalue weighted by molar-refractivity contribution is -0.152. The van der Waals surface area contributed by atoms with Gasteiger partial charge in [-0.05, 0) is 43.9 Å². The molecule has 4 N–H and O–H groups in total. The molecule has 2 aromatic rings. The van der Waals surface area contributed by atoms with Crippen LogP contribution in [-0.4, -0.2) is 87.1 Å². The van der Waals surface area contributed by atoms with Crippen molar-refractivity contribution in [2.45, 2.75) is 56.8 Å². The standard InChI is InChI=1S/C21H25N3O4.C4H6O5/c1-4-28-19-8-14-15-7-13(25)5-6-17(15)24-20(16(14)9-18(19)26-2)12-10-22-21(27-3)23-11-12;5-2(4(8)9)1-3(6)7/h8-11,13,15,17,25H,4-7H2,1-3H3;2,5H,1H2,(H,6,7)(H,8,9)/t13-,15-,17-;/m1./s1. The van der Waals surface area contributed by atoms with E-state index < -0.39 is 24.5 Å². The van der Waals surface area contributed by atoms with Crippen LogP contribution >= 0.6 is 0 Å². The van der Waals surface area contributed by atoms with Crippen LogP contribution in [0.4, 0.5) is 0 Å². The lowest BCUT2D eigenvalue weighted by Crippen LogP contribution is -2.34. The van der Waals surface area contributed by atoms with E-state index in [1.807, 2.05) is 19.1 Å². The number of fused-ring (bicyclic) bond motifs is 3. The van der Waals surface area contributed by atoms with E-state index in [4.69, 9.17) is 34.5 Å². The summed E-state index contributed by atoms with van der Waals surface area (Å²) < 4.78 is 16.4. The van der Waals surface area contributed by atoms with Gasteiger partial charge in [0.25, 0.3) is 0 Å². The van der Waals surface area contributed by atoms with Crippen molar-refractivity contribution in [3.63, 3.8) is 0 Å². The first-order chi connectivity index (χ1) is 17.7. The molecule has 37 heavy (non-hydrogen) atoms. The van der Waals surface area contributed by atoms with E-state index in [1.165, 1.54) is 0 Å². The van der Waals surface area contributed by atoms with E-state index in [-0.39, 0.29) is 18.1 Å². The van der Waals surface area contributed by atoms with Crippen molar-refractivity contribution >= 4 is 17.7 Å². The molecule has 1 unspecified atom stereocenters. The molecule has 4 atom stereocenters. The second-order valence-corrected chi connectivity index (χ2v) is 8.55. The number of carboxylic acid groups (broad SMARTS) is 2. The number of aliphatic imine (C=N–C) groups is 1. The van der Waals surface area contributed by atoms with Crippen molar-refractivity contribution < 1.29 is 44.2 Å². The quantitative estimate of drug-likeness (QED) is 0.400. The van der Waals surface area contributed by atoms with Crippen molar-refractivity contribution in [3.05, 3.63) is 41.2 Å². The van der Waals surface area contributed by atoms with Gasteiger partial charge in [0.15, 0.2) is 17.6 Å². The maximum Gasteiger partial charge on any atom is 0.333 e. The predicted molar refractivity (Wildman–Crippen MR) is 131 cm³/mol. The Labute approximate surface area is 213 Å². The van der Waals surface area contributed by atoms with Gasteiger partial charge in [-0.1, -0.05) is 0 Å². The minimum absolute atomic E-state index is 0.121. The zero-order valence-corrected chi connectivity index (χ0v) is 20.8. The fourth-order valence-electron chi connectivity index (χ4n) is 4.40. The molecule has 2 aliphatic rings. The van der Waals surface area contributed by atoms with Gasteiger partial charge in [0, 0.05) is 29.4 Å². The molecule has 1 saturated carbocycles. The Morgan fingerprint density at radius 2 is 1.78 bits per heavy atom. The van der Waals surface area contributed by atoms with Crippen LogP contribution in [0.1, 0.15) is 55.2 Å². The van der Waals surface area contributed by atoms with E-state index in [0.29, 0.717) is 24.8 Å². The average molecular weight is 518 g/mol. The topological polar surface area (TPSA) is 181 Å². The maximum absolute atomic E-state index is 10.2. The van der Waals surface area contributed by atoms with Crippen LogP contribution in [0.3, 0.4) is 0 Å². The molecule has 12 nitrogen and oxygen atoms in total. The fourth-order valence-corrected chi connectivity index (χ4v) is 4.40. The largest absolute Gasteiger partial charge is 0.493 e. The third kappa shape index (κ3) is 6.71. The highest BCUT2D eigenvalue weighted by Gasteiger charge is 2.37. The third-order valence-electron chi connectivity index (χ3n) is 6.11. The number of rotatable bonds is 8. The minimum Gasteiger partial charge on any atom is -0.493 e. The van der Waals surface area contributed by atoms with Crippen LogP contribution in [0, 0.1) is 0 Å². The molecule has 12 heteroatoms. The lowest BCUT2D eigenvalue weighted by Gasteiger charge is -2.37. The number of carbonyl (C=O) groups is 2. The number of hydrogen-bond acceptors (Lipinski definition) is 10. The summed E-state index contributed by atoms with van der Waals surface area (Å²) in [5, 5.41) is 34.4. The van der Waals surface area contributed by atoms with Gasteiger partial charge < -0.3 is 34.6 Å². The summed E-state index contributed by atoms with van der Waals surface area (Å²) in [6, 6.07) is 4.46. The van der Waals surface area contributed by atoms with Crippen LogP contribution < -0.4 is 14.2 Å². The molecule has 2 heterocycles. The molecule has 1 aliphatic heterocycles. The summed E-state index contributed by atoms with van der Waals surface area (Å²) in [4.78, 5) is 32.9. The van der Waals surface area contributed by atoms with Crippen LogP contribution in [0.2, 0.25) is 0 Å². The summed E-state index contributed by atoms with van der Waals surface area (Å²) in [7, 11) is 3.17. The first kappa shape index (κ1) is 27.8. The van der Waals surface area contributed by atoms with Gasteiger partial charge in [-0.25, -0.2) is 14.8 Å². The number of aliphatic carboxylic acids is 2. The summed E-state index contributed by atoms with van der Waals surface area (Å²) >= 11 is 0. The number of aliphatic hydroxyl groups is 2. The van der Waals surface area contributed by atoms with Crippen molar-refractivity contribution in [2.24, 2.45) is 4.99 Å². The number of ether oxygens (including phenoxy) is 3. The number of methoxy groups -OCH3 is 2. The van der Waals surface area contributed by atoms with E-state index in [0.717, 1.165) is 41.0 Å². The zero-order valence-electron chi connectivity index (χ0n) is 20.8. The van der Waals surface area contributed by atoms with Crippen molar-refractivity contribution in [1.82, 2.24) is 9.97 Å². The summed E-state index contributed by atoms with van der Waals surface area (Å²) in [5.74, 6) is -1.30. The number of aliphatic hydroxyl groups excluding tert-OH is 2. The molecule has 0 radical (unpaired) electrons. The number of aromatic nitrogens is 2. The Kier molecular flexibility index (Phi) is 9.36. The highest BCUT2D eigenvalue weighted by atomic mass is 16.5. The van der Waals surface area contributed by atoms with Gasteiger partial charge in [-0.2, -0.15) is 0 Å². The van der Waals surface area contributed by atoms with Crippen molar-refractivity contribution in [1.29, 1.82) is 0 Å². The number of benzene rings is 1. The lowest BCUT2D eigenvalue weighted by atomic mass is 9.74. The first-order valence-electron chi connectivity index (χ1n) is 11.8. The molecular formula is C25H31N3O9. The SMILES string of the molecule is CCOc1cc2c(cc1OC)C(c1cnc(OC)nc1)=N[C@@H]1CC[C@@H](O)C[C@H]21.O=C(O)CC(O)C(=O)O. The second-order valence-electron chi connectivity index (χ2n) is 8.55. The van der Waals surface area contributed by atoms with Crippen LogP contribution in [0.5, 0.6) is 17.5 Å². The summed E-state index contributed by atoms with van der Waals surface area (Å²) in [5.41, 5.74) is 3.78. The van der Waals surface area contributed by atoms with Crippen LogP contribution in [-0.2, 0) is 9.59 Å². The predicted octanol–water partition coefficient (Wildman–Crippen LogP) is 1.65. The van der Waals surface area contributed by atoms with E-state index >= 15 is 0 Å². The first-order valence-corrected chi connectivity index (χ1v) is 11.8. The molecule has 0 saturated heterocycles. The Bertz CT molecular complexity index is 1140. The van der Waals surface area contributed by atoms with Gasteiger partial charge in [-0.3, -0.25) is 9.79 Å². The smallest absolute Gasteiger partial charge is 0.333 e. The monoisotopic (exact) mass is 517 g/mol. The second kappa shape index (κ2) is 12.5. The van der Waals surface area contributed by atoms with Crippen molar-refractivity contribution in [2.75, 3.05) is 20.8 Å². The Hall–Kier alpha value is -3.77. The highest BCUT2D eigenvalue weighted by molar-refractivity contribution is 6.14. The third-order valence-corrected chi connectivity index (χ3v) is 6.11. The summed E-state index contributed by atoms with van der Waals surface area (Å²) in [6.45, 7) is 2.51. The van der Waals surface area contributed by atoms with Gasteiger partial charge in [0.05, 0.1) is 45.1 Å². The molecule has 1 aromatic carbocycles. The summed E-state index contributed by atoms with van der Waals surface area (Å²) in [6.07, 6.45) is 2.93. The molecule has 1 aromatic heterocycles. The fraction of sp³-hybridized carbons (Fsp3) is 0.480. The van der Waals surface area contributed by atoms with E-state index in [1.54, 1.807) is 26.6 Å². The Morgan fingerprint density at radius 1 is 1.08 bits per heavy atom. The van der Waals surface area contributed by atoms with Crippen molar-refractivity contribution in [3.8, 4) is 17.5 Å². The molecule has 0 spiro atoms. The molecule has 0 amide bonds. The van der Waals surface area contributed by atoms with Gasteiger partial charge >= 0.3 is 17.9 Å². The zero-order chi connectivity index (χ0) is 27.1. The number of nitrogens with zero attached hydrogens (tertiary/aromatic N) is 3. The molecule has 4 rings (SSSR count). The van der Waals surface area contributed by atoms with E-state index in [9.17, 15) is 14.7 Å². The minimum atomic E-state index is -1.79. The average Bonchev–Trinajstić information content (AvgIpc) is 2.88. The molecule has 1 fully saturated rings.